The zero-order chi connectivity index (χ0) is 9.68. The third-order valence-corrected chi connectivity index (χ3v) is 2.13. The molecule has 0 aliphatic rings. The molecular formula is C10H15ClN2. The number of benzene rings is 1. The average Bonchev–Trinajstić information content (AvgIpc) is 2.09. The third-order valence-electron chi connectivity index (χ3n) is 1.82. The van der Waals surface area contributed by atoms with E-state index < -0.39 is 0 Å². The average molecular weight is 199 g/mol. The van der Waals surface area contributed by atoms with Gasteiger partial charge in [0, 0.05) is 13.1 Å². The zero-order valence-electron chi connectivity index (χ0n) is 8.02. The molecule has 0 amide bonds. The lowest BCUT2D eigenvalue weighted by Crippen LogP contribution is -2.17. The smallest absolute Gasteiger partial charge is 0.0640 e. The molecule has 0 aliphatic heterocycles. The van der Waals surface area contributed by atoms with Gasteiger partial charge in [-0.3, -0.25) is 0 Å². The number of rotatable bonds is 4. The van der Waals surface area contributed by atoms with Crippen LogP contribution in [0.2, 0.25) is 5.02 Å². The highest BCUT2D eigenvalue weighted by Gasteiger charge is 1.97. The molecule has 2 nitrogen and oxygen atoms in total. The van der Waals surface area contributed by atoms with Crippen LogP contribution in [0, 0.1) is 6.92 Å². The molecule has 0 bridgehead atoms. The molecule has 0 radical (unpaired) electrons. The van der Waals surface area contributed by atoms with Crippen LogP contribution in [-0.2, 0) is 0 Å². The van der Waals surface area contributed by atoms with E-state index in [1.165, 1.54) is 5.56 Å². The Morgan fingerprint density at radius 3 is 2.69 bits per heavy atom. The monoisotopic (exact) mass is 198 g/mol. The molecule has 0 spiro atoms. The molecule has 13 heavy (non-hydrogen) atoms. The lowest BCUT2D eigenvalue weighted by atomic mass is 10.2. The van der Waals surface area contributed by atoms with E-state index in [1.54, 1.807) is 0 Å². The first-order valence-corrected chi connectivity index (χ1v) is 4.76. The summed E-state index contributed by atoms with van der Waals surface area (Å²) in [6.07, 6.45) is 0. The summed E-state index contributed by atoms with van der Waals surface area (Å²) in [7, 11) is 1.93. The number of nitrogens with one attached hydrogen (secondary N) is 2. The van der Waals surface area contributed by atoms with Gasteiger partial charge in [-0.05, 0) is 31.7 Å². The second-order valence-electron chi connectivity index (χ2n) is 3.01. The summed E-state index contributed by atoms with van der Waals surface area (Å²) in [5.74, 6) is 0. The van der Waals surface area contributed by atoms with Gasteiger partial charge in [-0.25, -0.2) is 0 Å². The number of likely N-dealkylation sites (N-methyl/N-ethyl adjacent to an activating group) is 1. The fourth-order valence-corrected chi connectivity index (χ4v) is 1.39. The van der Waals surface area contributed by atoms with E-state index in [9.17, 15) is 0 Å². The lowest BCUT2D eigenvalue weighted by Gasteiger charge is -2.08. The highest BCUT2D eigenvalue weighted by Crippen LogP contribution is 2.22. The van der Waals surface area contributed by atoms with Crippen LogP contribution < -0.4 is 10.6 Å². The maximum atomic E-state index is 6.03. The minimum absolute atomic E-state index is 0.788. The van der Waals surface area contributed by atoms with Crippen molar-refractivity contribution in [3.8, 4) is 0 Å². The quantitative estimate of drug-likeness (QED) is 0.726. The summed E-state index contributed by atoms with van der Waals surface area (Å²) in [5.41, 5.74) is 2.19. The summed E-state index contributed by atoms with van der Waals surface area (Å²) >= 11 is 6.03. The Morgan fingerprint density at radius 1 is 1.31 bits per heavy atom. The highest BCUT2D eigenvalue weighted by molar-refractivity contribution is 6.33. The summed E-state index contributed by atoms with van der Waals surface area (Å²) in [6, 6.07) is 6.02. The fraction of sp³-hybridized carbons (Fsp3) is 0.400. The Kier molecular flexibility index (Phi) is 4.06. The van der Waals surface area contributed by atoms with Gasteiger partial charge >= 0.3 is 0 Å². The second kappa shape index (κ2) is 5.10. The van der Waals surface area contributed by atoms with Crippen LogP contribution in [0.3, 0.4) is 0 Å². The van der Waals surface area contributed by atoms with Gasteiger partial charge in [-0.15, -0.1) is 0 Å². The molecule has 0 fully saturated rings. The minimum atomic E-state index is 0.788. The van der Waals surface area contributed by atoms with Gasteiger partial charge in [0.2, 0.25) is 0 Å². The second-order valence-corrected chi connectivity index (χ2v) is 3.42. The van der Waals surface area contributed by atoms with Gasteiger partial charge < -0.3 is 10.6 Å². The van der Waals surface area contributed by atoms with Crippen LogP contribution in [0.4, 0.5) is 5.69 Å². The van der Waals surface area contributed by atoms with Crippen molar-refractivity contribution >= 4 is 17.3 Å². The molecule has 1 aromatic rings. The molecule has 0 heterocycles. The predicted molar refractivity (Wildman–Crippen MR) is 58.6 cm³/mol. The predicted octanol–water partition coefficient (Wildman–Crippen LogP) is 2.28. The number of hydrogen-bond acceptors (Lipinski definition) is 2. The van der Waals surface area contributed by atoms with Crippen molar-refractivity contribution in [2.45, 2.75) is 6.92 Å². The fourth-order valence-electron chi connectivity index (χ4n) is 1.09. The molecule has 0 saturated heterocycles. The molecular weight excluding hydrogens is 184 g/mol. The molecule has 0 unspecified atom stereocenters. The Labute approximate surface area is 84.3 Å². The zero-order valence-corrected chi connectivity index (χ0v) is 8.78. The van der Waals surface area contributed by atoms with Crippen molar-refractivity contribution in [2.24, 2.45) is 0 Å². The van der Waals surface area contributed by atoms with Crippen LogP contribution in [0.1, 0.15) is 5.56 Å². The van der Waals surface area contributed by atoms with E-state index in [4.69, 9.17) is 11.6 Å². The molecule has 0 aliphatic carbocycles. The molecule has 72 valence electrons. The maximum Gasteiger partial charge on any atom is 0.0640 e. The molecule has 1 aromatic carbocycles. The van der Waals surface area contributed by atoms with Gasteiger partial charge in [-0.2, -0.15) is 0 Å². The molecule has 2 N–H and O–H groups in total. The first kappa shape index (κ1) is 10.4. The van der Waals surface area contributed by atoms with E-state index in [2.05, 4.69) is 10.6 Å². The van der Waals surface area contributed by atoms with Crippen LogP contribution in [0.15, 0.2) is 18.2 Å². The topological polar surface area (TPSA) is 24.1 Å². The van der Waals surface area contributed by atoms with Gasteiger partial charge in [0.15, 0.2) is 0 Å². The molecule has 3 heteroatoms. The normalized spacial score (nSPS) is 10.1. The van der Waals surface area contributed by atoms with Gasteiger partial charge in [-0.1, -0.05) is 17.7 Å². The summed E-state index contributed by atoms with van der Waals surface area (Å²) < 4.78 is 0. The SMILES string of the molecule is CNCCNc1ccc(C)cc1Cl. The number of hydrogen-bond donors (Lipinski definition) is 2. The van der Waals surface area contributed by atoms with Crippen LogP contribution in [0.5, 0.6) is 0 Å². The summed E-state index contributed by atoms with van der Waals surface area (Å²) in [4.78, 5) is 0. The lowest BCUT2D eigenvalue weighted by molar-refractivity contribution is 0.824. The maximum absolute atomic E-state index is 6.03. The Hall–Kier alpha value is -0.730. The van der Waals surface area contributed by atoms with Crippen molar-refractivity contribution in [3.05, 3.63) is 28.8 Å². The molecule has 0 saturated carbocycles. The molecule has 0 atom stereocenters. The number of anilines is 1. The van der Waals surface area contributed by atoms with Crippen molar-refractivity contribution in [3.63, 3.8) is 0 Å². The number of aryl methyl sites for hydroxylation is 1. The summed E-state index contributed by atoms with van der Waals surface area (Å²) in [6.45, 7) is 3.85. The highest BCUT2D eigenvalue weighted by atomic mass is 35.5. The Morgan fingerprint density at radius 2 is 2.08 bits per heavy atom. The standard InChI is InChI=1S/C10H15ClN2/c1-8-3-4-10(9(11)7-8)13-6-5-12-2/h3-4,7,12-13H,5-6H2,1-2H3. The van der Waals surface area contributed by atoms with Crippen LogP contribution in [-0.4, -0.2) is 20.1 Å². The van der Waals surface area contributed by atoms with Crippen LogP contribution in [0.25, 0.3) is 0 Å². The van der Waals surface area contributed by atoms with Crippen molar-refractivity contribution in [1.82, 2.24) is 5.32 Å². The van der Waals surface area contributed by atoms with E-state index in [0.29, 0.717) is 0 Å². The first-order chi connectivity index (χ1) is 6.24. The first-order valence-electron chi connectivity index (χ1n) is 4.38. The molecule has 0 aromatic heterocycles. The van der Waals surface area contributed by atoms with Gasteiger partial charge in [0.1, 0.15) is 0 Å². The molecule has 1 rings (SSSR count). The van der Waals surface area contributed by atoms with Crippen molar-refractivity contribution in [1.29, 1.82) is 0 Å². The largest absolute Gasteiger partial charge is 0.383 e. The Bertz CT molecular complexity index is 274. The van der Waals surface area contributed by atoms with E-state index in [-0.39, 0.29) is 0 Å². The minimum Gasteiger partial charge on any atom is -0.383 e. The number of halogens is 1. The van der Waals surface area contributed by atoms with Crippen molar-refractivity contribution in [2.75, 3.05) is 25.5 Å². The van der Waals surface area contributed by atoms with Gasteiger partial charge in [0.05, 0.1) is 10.7 Å². The summed E-state index contributed by atoms with van der Waals surface area (Å²) in [5, 5.41) is 7.10. The Balaban J connectivity index is 2.56. The third kappa shape index (κ3) is 3.25. The van der Waals surface area contributed by atoms with E-state index in [1.807, 2.05) is 32.2 Å². The van der Waals surface area contributed by atoms with Crippen molar-refractivity contribution < 1.29 is 0 Å². The van der Waals surface area contributed by atoms with Crippen LogP contribution >= 0.6 is 11.6 Å². The van der Waals surface area contributed by atoms with E-state index in [0.717, 1.165) is 23.8 Å². The van der Waals surface area contributed by atoms with Gasteiger partial charge in [0.25, 0.3) is 0 Å². The van der Waals surface area contributed by atoms with E-state index >= 15 is 0 Å².